The first-order valence-corrected chi connectivity index (χ1v) is 13.1. The third kappa shape index (κ3) is 5.11. The van der Waals surface area contributed by atoms with Crippen LogP contribution in [0.3, 0.4) is 0 Å². The Balaban J connectivity index is 1.41. The molecule has 5 rings (SSSR count). The zero-order valence-electron chi connectivity index (χ0n) is 20.0. The van der Waals surface area contributed by atoms with Crippen molar-refractivity contribution in [3.05, 3.63) is 109 Å². The van der Waals surface area contributed by atoms with Crippen molar-refractivity contribution in [2.75, 3.05) is 0 Å². The van der Waals surface area contributed by atoms with Gasteiger partial charge < -0.3 is 13.5 Å². The van der Waals surface area contributed by atoms with Crippen LogP contribution in [0.5, 0.6) is 11.5 Å². The van der Waals surface area contributed by atoms with Gasteiger partial charge in [-0.3, -0.25) is 0 Å². The number of nitrogens with zero attached hydrogens (tertiary/aromatic N) is 2. The van der Waals surface area contributed by atoms with Crippen LogP contribution in [-0.2, 0) is 16.7 Å². The second kappa shape index (κ2) is 9.87. The van der Waals surface area contributed by atoms with E-state index in [9.17, 15) is 8.42 Å². The molecule has 0 fully saturated rings. The van der Waals surface area contributed by atoms with Gasteiger partial charge in [-0.05, 0) is 80.1 Å². The van der Waals surface area contributed by atoms with Crippen LogP contribution in [-0.4, -0.2) is 24.1 Å². The number of para-hydroxylation sites is 2. The summed E-state index contributed by atoms with van der Waals surface area (Å²) in [5.74, 6) is 1.63. The molecule has 0 saturated carbocycles. The molecule has 6 nitrogen and oxygen atoms in total. The summed E-state index contributed by atoms with van der Waals surface area (Å²) in [6.45, 7) is 4.49. The molecule has 0 bridgehead atoms. The Labute approximate surface area is 210 Å². The number of hydrogen-bond acceptors (Lipinski definition) is 5. The maximum Gasteiger partial charge on any atom is 0.339 e. The molecule has 0 saturated heterocycles. The molecule has 4 aromatic carbocycles. The van der Waals surface area contributed by atoms with Crippen LogP contribution in [0.15, 0.2) is 108 Å². The average molecular weight is 499 g/mol. The lowest BCUT2D eigenvalue weighted by Crippen LogP contribution is -2.10. The maximum atomic E-state index is 12.8. The largest absolute Gasteiger partial charge is 0.491 e. The van der Waals surface area contributed by atoms with Crippen LogP contribution in [0.4, 0.5) is 0 Å². The number of fused-ring (bicyclic) bond motifs is 1. The number of hydrogen-bond donors (Lipinski definition) is 0. The Morgan fingerprint density at radius 3 is 2.11 bits per heavy atom. The Hall–Kier alpha value is -4.10. The Morgan fingerprint density at radius 1 is 0.778 bits per heavy atom. The molecule has 1 aromatic heterocycles. The highest BCUT2D eigenvalue weighted by Crippen LogP contribution is 2.28. The lowest BCUT2D eigenvalue weighted by molar-refractivity contribution is 0.242. The molecule has 0 N–H and O–H groups in total. The smallest absolute Gasteiger partial charge is 0.339 e. The van der Waals surface area contributed by atoms with Gasteiger partial charge in [-0.1, -0.05) is 42.5 Å². The fourth-order valence-corrected chi connectivity index (χ4v) is 4.94. The van der Waals surface area contributed by atoms with Crippen LogP contribution in [0.2, 0.25) is 0 Å². The zero-order valence-corrected chi connectivity index (χ0v) is 20.9. The normalized spacial score (nSPS) is 11.6. The van der Waals surface area contributed by atoms with Crippen LogP contribution in [0.25, 0.3) is 22.4 Å². The van der Waals surface area contributed by atoms with Gasteiger partial charge >= 0.3 is 10.1 Å². The Bertz CT molecular complexity index is 1570. The standard InChI is InChI=1S/C29H26N2O4S/c1-21(2)34-24-16-18-26(19-17-24)36(32,33)35-25-14-12-23(13-15-25)29-30-27-10-6-7-11-28(27)31(29)20-22-8-4-3-5-9-22/h3-19,21H,20H2,1-2H3. The summed E-state index contributed by atoms with van der Waals surface area (Å²) in [6.07, 6.45) is 0.00287. The van der Waals surface area contributed by atoms with E-state index in [-0.39, 0.29) is 16.7 Å². The zero-order chi connectivity index (χ0) is 25.1. The van der Waals surface area contributed by atoms with E-state index in [1.807, 2.05) is 62.4 Å². The lowest BCUT2D eigenvalue weighted by Gasteiger charge is -2.12. The highest BCUT2D eigenvalue weighted by atomic mass is 32.2. The molecule has 0 unspecified atom stereocenters. The number of imidazole rings is 1. The fraction of sp³-hybridized carbons (Fsp3) is 0.138. The monoisotopic (exact) mass is 498 g/mol. The van der Waals surface area contributed by atoms with Crippen LogP contribution < -0.4 is 8.92 Å². The number of ether oxygens (including phenoxy) is 1. The lowest BCUT2D eigenvalue weighted by atomic mass is 10.2. The summed E-state index contributed by atoms with van der Waals surface area (Å²) in [5, 5.41) is 0. The van der Waals surface area contributed by atoms with E-state index in [4.69, 9.17) is 13.9 Å². The molecule has 0 atom stereocenters. The molecule has 182 valence electrons. The first-order valence-electron chi connectivity index (χ1n) is 11.7. The molecule has 0 amide bonds. The van der Waals surface area contributed by atoms with Crippen molar-refractivity contribution in [3.8, 4) is 22.9 Å². The quantitative estimate of drug-likeness (QED) is 0.235. The van der Waals surface area contributed by atoms with E-state index in [0.29, 0.717) is 12.3 Å². The van der Waals surface area contributed by atoms with Gasteiger partial charge in [0.1, 0.15) is 22.2 Å². The van der Waals surface area contributed by atoms with Crippen molar-refractivity contribution in [2.24, 2.45) is 0 Å². The highest BCUT2D eigenvalue weighted by molar-refractivity contribution is 7.87. The van der Waals surface area contributed by atoms with Crippen molar-refractivity contribution in [2.45, 2.75) is 31.4 Å². The Kier molecular flexibility index (Phi) is 6.48. The van der Waals surface area contributed by atoms with Gasteiger partial charge in [-0.2, -0.15) is 8.42 Å². The van der Waals surface area contributed by atoms with Crippen molar-refractivity contribution >= 4 is 21.2 Å². The van der Waals surface area contributed by atoms with Crippen molar-refractivity contribution in [1.82, 2.24) is 9.55 Å². The molecule has 7 heteroatoms. The highest BCUT2D eigenvalue weighted by Gasteiger charge is 2.18. The SMILES string of the molecule is CC(C)Oc1ccc(S(=O)(=O)Oc2ccc(-c3nc4ccccc4n3Cc3ccccc3)cc2)cc1. The van der Waals surface area contributed by atoms with Gasteiger partial charge in [-0.15, -0.1) is 0 Å². The van der Waals surface area contributed by atoms with Crippen molar-refractivity contribution in [3.63, 3.8) is 0 Å². The summed E-state index contributed by atoms with van der Waals surface area (Å²) in [6, 6.07) is 31.4. The third-order valence-corrected chi connectivity index (χ3v) is 6.90. The molecule has 36 heavy (non-hydrogen) atoms. The Morgan fingerprint density at radius 2 is 1.42 bits per heavy atom. The molecule has 0 aliphatic heterocycles. The molecule has 0 radical (unpaired) electrons. The van der Waals surface area contributed by atoms with Crippen LogP contribution in [0.1, 0.15) is 19.4 Å². The number of rotatable bonds is 8. The molecule has 1 heterocycles. The third-order valence-electron chi connectivity index (χ3n) is 5.64. The first-order chi connectivity index (χ1) is 17.4. The minimum Gasteiger partial charge on any atom is -0.491 e. The van der Waals surface area contributed by atoms with Crippen LogP contribution >= 0.6 is 0 Å². The predicted octanol–water partition coefficient (Wildman–Crippen LogP) is 6.31. The fourth-order valence-electron chi connectivity index (χ4n) is 4.01. The van der Waals surface area contributed by atoms with E-state index in [0.717, 1.165) is 28.0 Å². The van der Waals surface area contributed by atoms with Gasteiger partial charge in [0, 0.05) is 12.1 Å². The van der Waals surface area contributed by atoms with Gasteiger partial charge in [0.05, 0.1) is 17.1 Å². The van der Waals surface area contributed by atoms with E-state index in [1.54, 1.807) is 24.3 Å². The molecular weight excluding hydrogens is 472 g/mol. The van der Waals surface area contributed by atoms with E-state index < -0.39 is 10.1 Å². The summed E-state index contributed by atoms with van der Waals surface area (Å²) < 4.78 is 38.7. The molecule has 5 aromatic rings. The van der Waals surface area contributed by atoms with Crippen molar-refractivity contribution < 1.29 is 17.3 Å². The summed E-state index contributed by atoms with van der Waals surface area (Å²) in [7, 11) is -3.98. The van der Waals surface area contributed by atoms with Crippen LogP contribution in [0, 0.1) is 0 Å². The number of aromatic nitrogens is 2. The average Bonchev–Trinajstić information content (AvgIpc) is 3.23. The minimum atomic E-state index is -3.98. The molecule has 0 aliphatic carbocycles. The van der Waals surface area contributed by atoms with Gasteiger partial charge in [0.2, 0.25) is 0 Å². The van der Waals surface area contributed by atoms with Gasteiger partial charge in [0.15, 0.2) is 0 Å². The van der Waals surface area contributed by atoms with Crippen molar-refractivity contribution in [1.29, 1.82) is 0 Å². The second-order valence-corrected chi connectivity index (χ2v) is 10.2. The minimum absolute atomic E-state index is 0.00287. The summed E-state index contributed by atoms with van der Waals surface area (Å²) in [4.78, 5) is 4.91. The van der Waals surface area contributed by atoms with E-state index >= 15 is 0 Å². The van der Waals surface area contributed by atoms with E-state index in [1.165, 1.54) is 12.1 Å². The molecule has 0 spiro atoms. The second-order valence-electron chi connectivity index (χ2n) is 8.70. The van der Waals surface area contributed by atoms with E-state index in [2.05, 4.69) is 22.8 Å². The summed E-state index contributed by atoms with van der Waals surface area (Å²) in [5.41, 5.74) is 3.96. The number of benzene rings is 4. The van der Waals surface area contributed by atoms with Gasteiger partial charge in [-0.25, -0.2) is 4.98 Å². The maximum absolute atomic E-state index is 12.8. The molecule has 0 aliphatic rings. The topological polar surface area (TPSA) is 70.4 Å². The first kappa shape index (κ1) is 23.6. The molecular formula is C29H26N2O4S. The van der Waals surface area contributed by atoms with Gasteiger partial charge in [0.25, 0.3) is 0 Å². The predicted molar refractivity (Wildman–Crippen MR) is 141 cm³/mol. The summed E-state index contributed by atoms with van der Waals surface area (Å²) >= 11 is 0.